The minimum atomic E-state index is -1.00. The normalized spacial score (nSPS) is 11.8. The number of guanidine groups is 1. The summed E-state index contributed by atoms with van der Waals surface area (Å²) in [7, 11) is 6.38. The number of hydrogen-bond acceptors (Lipinski definition) is 16. The molecule has 14 N–H and O–H groups in total. The lowest BCUT2D eigenvalue weighted by molar-refractivity contribution is -0.148. The van der Waals surface area contributed by atoms with Gasteiger partial charge in [-0.3, -0.25) is 19.4 Å². The quantitative estimate of drug-likeness (QED) is 0.0173. The maximum atomic E-state index is 11.9. The number of rotatable bonds is 29. The number of nitrogens with two attached hydrogens (primary N) is 5. The first kappa shape index (κ1) is 55.6. The number of aliphatic hydroxyl groups is 2. The van der Waals surface area contributed by atoms with E-state index in [0.29, 0.717) is 62.2 Å². The zero-order valence-electron chi connectivity index (χ0n) is 29.7. The average Bonchev–Trinajstić information content (AvgIpc) is 3.06. The van der Waals surface area contributed by atoms with Gasteiger partial charge in [0.15, 0.2) is 5.96 Å². The number of carboxylic acid groups (broad SMARTS) is 1. The molecule has 0 aromatic rings. The average molecular weight is 806 g/mol. The van der Waals surface area contributed by atoms with Crippen LogP contribution < -0.4 is 34.0 Å². The fourth-order valence-corrected chi connectivity index (χ4v) is 6.48. The number of nitrogens with one attached hydrogen (secondary N) is 1. The van der Waals surface area contributed by atoms with Gasteiger partial charge in [-0.05, 0) is 44.9 Å². The molecule has 15 nitrogen and oxygen atoms in total. The molecular formula is C32H67N7O8S4. The number of esters is 2. The van der Waals surface area contributed by atoms with Gasteiger partial charge in [0.05, 0.1) is 30.9 Å². The van der Waals surface area contributed by atoms with E-state index < -0.39 is 12.0 Å². The van der Waals surface area contributed by atoms with Crippen LogP contribution in [0.2, 0.25) is 0 Å². The standard InChI is InChI=1S/C21H39N3O4S2.C6H14N4O2.C4H10O2S2.CH4/c1-16(8-5-6-10-18(3)22)20(25)27-12-14-29-30-15-13-28-21(26)17(2)9-7-11-24-19(4)23;7-4(5(11)12)2-1-3-10-6(8)9;5-1-3-7-8-4-2-6;/h16-17,24H,3-15,22-23H2,1-2H3;4H,1-3,7H2,(H,11,12)(H4,8,9,10);5-6H,1-4H2;1H4. The van der Waals surface area contributed by atoms with Crippen LogP contribution in [-0.4, -0.2) is 108 Å². The molecule has 0 saturated heterocycles. The van der Waals surface area contributed by atoms with E-state index in [0.717, 1.165) is 50.0 Å². The topological polar surface area (TPSA) is 285 Å². The Morgan fingerprint density at radius 1 is 0.765 bits per heavy atom. The van der Waals surface area contributed by atoms with Crippen LogP contribution in [0.5, 0.6) is 0 Å². The largest absolute Gasteiger partial charge is 0.480 e. The molecule has 3 unspecified atom stereocenters. The summed E-state index contributed by atoms with van der Waals surface area (Å²) in [4.78, 5) is 37.7. The second-order valence-electron chi connectivity index (χ2n) is 10.8. The third kappa shape index (κ3) is 45.8. The molecule has 0 saturated carbocycles. The van der Waals surface area contributed by atoms with Crippen molar-refractivity contribution in [2.45, 2.75) is 78.7 Å². The van der Waals surface area contributed by atoms with E-state index in [1.165, 1.54) is 0 Å². The van der Waals surface area contributed by atoms with Crippen molar-refractivity contribution in [2.75, 3.05) is 62.5 Å². The highest BCUT2D eigenvalue weighted by molar-refractivity contribution is 8.77. The van der Waals surface area contributed by atoms with E-state index in [9.17, 15) is 14.4 Å². The van der Waals surface area contributed by atoms with Gasteiger partial charge in [-0.25, -0.2) is 0 Å². The lowest BCUT2D eigenvalue weighted by atomic mass is 10.0. The molecule has 0 heterocycles. The summed E-state index contributed by atoms with van der Waals surface area (Å²) in [6.45, 7) is 13.3. The highest BCUT2D eigenvalue weighted by Crippen LogP contribution is 2.21. The molecule has 0 aliphatic rings. The molecule has 51 heavy (non-hydrogen) atoms. The Kier molecular flexibility index (Phi) is 44.3. The van der Waals surface area contributed by atoms with Crippen LogP contribution in [-0.2, 0) is 23.9 Å². The Morgan fingerprint density at radius 3 is 1.65 bits per heavy atom. The zero-order valence-corrected chi connectivity index (χ0v) is 33.0. The Hall–Kier alpha value is -2.16. The molecule has 0 rings (SSSR count). The van der Waals surface area contributed by atoms with Crippen molar-refractivity contribution in [1.29, 1.82) is 0 Å². The molecule has 0 spiro atoms. The molecule has 0 aromatic carbocycles. The van der Waals surface area contributed by atoms with Crippen molar-refractivity contribution < 1.29 is 39.2 Å². The Bertz CT molecular complexity index is 884. The predicted molar refractivity (Wildman–Crippen MR) is 219 cm³/mol. The zero-order chi connectivity index (χ0) is 38.6. The molecule has 0 aliphatic heterocycles. The second-order valence-corrected chi connectivity index (χ2v) is 16.2. The van der Waals surface area contributed by atoms with Gasteiger partial charge in [0.25, 0.3) is 0 Å². The van der Waals surface area contributed by atoms with Crippen molar-refractivity contribution in [2.24, 2.45) is 45.5 Å². The number of allylic oxidation sites excluding steroid dienone is 1. The minimum absolute atomic E-state index is 0. The van der Waals surface area contributed by atoms with Gasteiger partial charge in [0.2, 0.25) is 0 Å². The van der Waals surface area contributed by atoms with Crippen LogP contribution in [0, 0.1) is 11.8 Å². The number of hydrogen-bond donors (Lipinski definition) is 9. The molecule has 0 bridgehead atoms. The summed E-state index contributed by atoms with van der Waals surface area (Å²) >= 11 is 0. The summed E-state index contributed by atoms with van der Waals surface area (Å²) in [5.41, 5.74) is 27.0. The summed E-state index contributed by atoms with van der Waals surface area (Å²) < 4.78 is 10.6. The van der Waals surface area contributed by atoms with Gasteiger partial charge in [-0.1, -0.05) is 84.0 Å². The first-order valence-electron chi connectivity index (χ1n) is 16.4. The number of carboxylic acids is 1. The number of nitrogens with zero attached hydrogens (tertiary/aromatic N) is 1. The van der Waals surface area contributed by atoms with Crippen molar-refractivity contribution in [3.05, 3.63) is 24.7 Å². The minimum Gasteiger partial charge on any atom is -0.480 e. The van der Waals surface area contributed by atoms with Gasteiger partial charge in [-0.2, -0.15) is 0 Å². The van der Waals surface area contributed by atoms with Gasteiger partial charge >= 0.3 is 17.9 Å². The number of carbonyl (C=O) groups is 3. The molecule has 0 aliphatic carbocycles. The van der Waals surface area contributed by atoms with E-state index >= 15 is 0 Å². The van der Waals surface area contributed by atoms with Crippen molar-refractivity contribution >= 4 is 67.0 Å². The van der Waals surface area contributed by atoms with Gasteiger partial charge in [-0.15, -0.1) is 0 Å². The lowest BCUT2D eigenvalue weighted by Crippen LogP contribution is -2.30. The van der Waals surface area contributed by atoms with Crippen LogP contribution in [0.25, 0.3) is 0 Å². The van der Waals surface area contributed by atoms with E-state index in [4.69, 9.17) is 53.5 Å². The fourth-order valence-electron chi connectivity index (χ4n) is 3.29. The Balaban J connectivity index is -0.000000429. The Labute approximate surface area is 321 Å². The first-order chi connectivity index (χ1) is 23.7. The number of aliphatic imine (C=N–C) groups is 1. The molecule has 0 fully saturated rings. The van der Waals surface area contributed by atoms with Gasteiger partial charge in [0.1, 0.15) is 19.3 Å². The predicted octanol–water partition coefficient (Wildman–Crippen LogP) is 3.00. The summed E-state index contributed by atoms with van der Waals surface area (Å²) in [6, 6.07) is -0.820. The van der Waals surface area contributed by atoms with Crippen LogP contribution in [0.15, 0.2) is 29.7 Å². The lowest BCUT2D eigenvalue weighted by Gasteiger charge is -2.12. The third-order valence-corrected chi connectivity index (χ3v) is 10.7. The van der Waals surface area contributed by atoms with E-state index in [1.54, 1.807) is 43.2 Å². The number of aliphatic hydroxyl groups excluding tert-OH is 2. The number of aliphatic carboxylic acids is 1. The van der Waals surface area contributed by atoms with Crippen LogP contribution in [0.3, 0.4) is 0 Å². The van der Waals surface area contributed by atoms with E-state index in [-0.39, 0.29) is 50.4 Å². The molecule has 0 radical (unpaired) electrons. The van der Waals surface area contributed by atoms with Gasteiger partial charge in [0, 0.05) is 41.8 Å². The summed E-state index contributed by atoms with van der Waals surface area (Å²) in [5.74, 6) is 1.81. The molecule has 19 heteroatoms. The number of unbranched alkanes of at least 4 members (excludes halogenated alkanes) is 1. The number of ether oxygens (including phenoxy) is 2. The van der Waals surface area contributed by atoms with Crippen LogP contribution in [0.1, 0.15) is 72.6 Å². The highest BCUT2D eigenvalue weighted by Gasteiger charge is 2.15. The number of carbonyl (C=O) groups excluding carboxylic acids is 2. The van der Waals surface area contributed by atoms with Crippen LogP contribution in [0.4, 0.5) is 0 Å². The van der Waals surface area contributed by atoms with E-state index in [2.05, 4.69) is 23.5 Å². The first-order valence-corrected chi connectivity index (χ1v) is 21.4. The monoisotopic (exact) mass is 805 g/mol. The maximum absolute atomic E-state index is 11.9. The summed E-state index contributed by atoms with van der Waals surface area (Å²) in [5, 5.41) is 27.8. The van der Waals surface area contributed by atoms with Gasteiger partial charge < -0.3 is 58.8 Å². The summed E-state index contributed by atoms with van der Waals surface area (Å²) in [6.07, 6.45) is 6.02. The molecule has 302 valence electrons. The highest BCUT2D eigenvalue weighted by atomic mass is 33.1. The second kappa shape index (κ2) is 40.6. The molecule has 0 aromatic heterocycles. The van der Waals surface area contributed by atoms with Crippen molar-refractivity contribution in [1.82, 2.24) is 5.32 Å². The SMILES string of the molecule is C.C=C(N)CCCCC(C)C(=O)OCCSSCCOC(=O)C(C)CCCNC(=C)N.NC(N)=NCCCC(N)C(=O)O.OCCSSCCO. The molecule has 3 atom stereocenters. The third-order valence-electron chi connectivity index (χ3n) is 5.98. The molecule has 0 amide bonds. The van der Waals surface area contributed by atoms with E-state index in [1.807, 2.05) is 13.8 Å². The maximum Gasteiger partial charge on any atom is 0.320 e. The van der Waals surface area contributed by atoms with Crippen LogP contribution >= 0.6 is 43.2 Å². The Morgan fingerprint density at radius 2 is 1.24 bits per heavy atom. The molecular weight excluding hydrogens is 739 g/mol. The smallest absolute Gasteiger partial charge is 0.320 e. The fraction of sp³-hybridized carbons (Fsp3) is 0.750. The van der Waals surface area contributed by atoms with Crippen molar-refractivity contribution in [3.63, 3.8) is 0 Å². The van der Waals surface area contributed by atoms with Crippen molar-refractivity contribution in [3.8, 4) is 0 Å².